The van der Waals surface area contributed by atoms with Gasteiger partial charge in [0.1, 0.15) is 5.92 Å². The Bertz CT molecular complexity index is 277. The Morgan fingerprint density at radius 3 is 2.93 bits per heavy atom. The maximum atomic E-state index is 11.5. The number of carboxylic acid groups (broad SMARTS) is 1. The molecule has 2 unspecified atom stereocenters. The van der Waals surface area contributed by atoms with E-state index < -0.39 is 11.9 Å². The molecule has 84 valence electrons. The van der Waals surface area contributed by atoms with Gasteiger partial charge in [-0.2, -0.15) is 0 Å². The number of carbonyl (C=O) groups is 2. The molecular weight excluding hydrogens is 198 g/mol. The average molecular weight is 213 g/mol. The van der Waals surface area contributed by atoms with Gasteiger partial charge in [0.25, 0.3) is 0 Å². The summed E-state index contributed by atoms with van der Waals surface area (Å²) in [4.78, 5) is 24.3. The van der Waals surface area contributed by atoms with Crippen LogP contribution < -0.4 is 0 Å². The predicted octanol–water partition coefficient (Wildman–Crippen LogP) is 0.0985. The molecule has 15 heavy (non-hydrogen) atoms. The van der Waals surface area contributed by atoms with Crippen LogP contribution in [-0.2, 0) is 14.3 Å². The normalized spacial score (nSPS) is 32.0. The second-order valence-electron chi connectivity index (χ2n) is 4.07. The number of rotatable bonds is 2. The van der Waals surface area contributed by atoms with Crippen LogP contribution in [0.5, 0.6) is 0 Å². The number of nitrogens with zero attached hydrogens (tertiary/aromatic N) is 1. The van der Waals surface area contributed by atoms with Crippen molar-refractivity contribution in [3.05, 3.63) is 0 Å². The zero-order chi connectivity index (χ0) is 10.8. The lowest BCUT2D eigenvalue weighted by Gasteiger charge is -2.35. The van der Waals surface area contributed by atoms with Gasteiger partial charge < -0.3 is 14.7 Å². The minimum Gasteiger partial charge on any atom is -0.481 e. The van der Waals surface area contributed by atoms with E-state index in [4.69, 9.17) is 9.84 Å². The van der Waals surface area contributed by atoms with Crippen molar-refractivity contribution in [2.24, 2.45) is 5.92 Å². The summed E-state index contributed by atoms with van der Waals surface area (Å²) >= 11 is 0. The number of ether oxygens (including phenoxy) is 1. The largest absolute Gasteiger partial charge is 0.481 e. The van der Waals surface area contributed by atoms with Crippen molar-refractivity contribution in [1.29, 1.82) is 0 Å². The summed E-state index contributed by atoms with van der Waals surface area (Å²) < 4.78 is 5.15. The molecule has 1 amide bonds. The minimum atomic E-state index is -0.862. The van der Waals surface area contributed by atoms with Crippen molar-refractivity contribution in [1.82, 2.24) is 4.90 Å². The molecule has 1 N–H and O–H groups in total. The Labute approximate surface area is 88.0 Å². The molecule has 2 aliphatic heterocycles. The van der Waals surface area contributed by atoms with Crippen LogP contribution in [0.1, 0.15) is 19.3 Å². The van der Waals surface area contributed by atoms with Crippen molar-refractivity contribution in [2.45, 2.75) is 25.3 Å². The standard InChI is InChI=1S/C10H15NO4/c12-9-2-1-4-11(9)8-3-5-15-6-7(8)10(13)14/h7-8H,1-6H2,(H,13,14). The van der Waals surface area contributed by atoms with E-state index in [1.807, 2.05) is 0 Å². The Kier molecular flexibility index (Phi) is 2.90. The molecule has 5 nitrogen and oxygen atoms in total. The molecule has 2 heterocycles. The molecule has 2 saturated heterocycles. The molecule has 5 heteroatoms. The van der Waals surface area contributed by atoms with Gasteiger partial charge in [0.15, 0.2) is 0 Å². The van der Waals surface area contributed by atoms with E-state index in [-0.39, 0.29) is 18.6 Å². The Balaban J connectivity index is 2.10. The zero-order valence-electron chi connectivity index (χ0n) is 8.52. The third-order valence-corrected chi connectivity index (χ3v) is 3.15. The molecule has 0 aliphatic carbocycles. The fraction of sp³-hybridized carbons (Fsp3) is 0.800. The van der Waals surface area contributed by atoms with Crippen LogP contribution in [0.3, 0.4) is 0 Å². The van der Waals surface area contributed by atoms with Crippen LogP contribution in [-0.4, -0.2) is 47.7 Å². The monoisotopic (exact) mass is 213 g/mol. The number of carboxylic acids is 1. The fourth-order valence-electron chi connectivity index (χ4n) is 2.36. The molecule has 0 aromatic heterocycles. The molecule has 0 radical (unpaired) electrons. The van der Waals surface area contributed by atoms with E-state index in [0.29, 0.717) is 26.0 Å². The maximum absolute atomic E-state index is 11.5. The average Bonchev–Trinajstić information content (AvgIpc) is 2.64. The number of likely N-dealkylation sites (tertiary alicyclic amines) is 1. The van der Waals surface area contributed by atoms with Gasteiger partial charge in [-0.05, 0) is 12.8 Å². The molecule has 0 aromatic rings. The van der Waals surface area contributed by atoms with Crippen LogP contribution in [0.4, 0.5) is 0 Å². The lowest BCUT2D eigenvalue weighted by Crippen LogP contribution is -2.49. The number of amides is 1. The van der Waals surface area contributed by atoms with Gasteiger partial charge in [-0.25, -0.2) is 0 Å². The van der Waals surface area contributed by atoms with Gasteiger partial charge in [0, 0.05) is 25.6 Å². The summed E-state index contributed by atoms with van der Waals surface area (Å²) in [5, 5.41) is 9.04. The predicted molar refractivity (Wildman–Crippen MR) is 51.3 cm³/mol. The van der Waals surface area contributed by atoms with Crippen molar-refractivity contribution in [3.8, 4) is 0 Å². The van der Waals surface area contributed by atoms with E-state index in [1.54, 1.807) is 4.90 Å². The van der Waals surface area contributed by atoms with Gasteiger partial charge in [0.05, 0.1) is 6.61 Å². The van der Waals surface area contributed by atoms with E-state index in [1.165, 1.54) is 0 Å². The number of carbonyl (C=O) groups excluding carboxylic acids is 1. The highest BCUT2D eigenvalue weighted by Crippen LogP contribution is 2.25. The third-order valence-electron chi connectivity index (χ3n) is 3.15. The summed E-state index contributed by atoms with van der Waals surface area (Å²) in [7, 11) is 0. The van der Waals surface area contributed by atoms with Crippen LogP contribution >= 0.6 is 0 Å². The van der Waals surface area contributed by atoms with Gasteiger partial charge in [0.2, 0.25) is 5.91 Å². The van der Waals surface area contributed by atoms with E-state index in [9.17, 15) is 9.59 Å². The molecule has 0 bridgehead atoms. The number of hydrogen-bond donors (Lipinski definition) is 1. The summed E-state index contributed by atoms with van der Waals surface area (Å²) in [6.45, 7) is 1.48. The highest BCUT2D eigenvalue weighted by atomic mass is 16.5. The zero-order valence-corrected chi connectivity index (χ0v) is 8.52. The van der Waals surface area contributed by atoms with Gasteiger partial charge in [-0.1, -0.05) is 0 Å². The highest BCUT2D eigenvalue weighted by Gasteiger charge is 2.39. The lowest BCUT2D eigenvalue weighted by atomic mass is 9.94. The SMILES string of the molecule is O=C(O)C1COCCC1N1CCCC1=O. The minimum absolute atomic E-state index is 0.0909. The molecule has 0 spiro atoms. The van der Waals surface area contributed by atoms with Gasteiger partial charge in [-0.3, -0.25) is 9.59 Å². The second kappa shape index (κ2) is 4.18. The van der Waals surface area contributed by atoms with Crippen molar-refractivity contribution in [3.63, 3.8) is 0 Å². The van der Waals surface area contributed by atoms with Crippen molar-refractivity contribution < 1.29 is 19.4 Å². The molecule has 2 aliphatic rings. The fourth-order valence-corrected chi connectivity index (χ4v) is 2.36. The van der Waals surface area contributed by atoms with Crippen molar-refractivity contribution in [2.75, 3.05) is 19.8 Å². The molecular formula is C10H15NO4. The summed E-state index contributed by atoms with van der Waals surface area (Å²) in [6, 6.07) is -0.161. The molecule has 2 atom stereocenters. The molecule has 0 saturated carbocycles. The number of hydrogen-bond acceptors (Lipinski definition) is 3. The number of aliphatic carboxylic acids is 1. The molecule has 2 rings (SSSR count). The maximum Gasteiger partial charge on any atom is 0.310 e. The van der Waals surface area contributed by atoms with Crippen LogP contribution in [0.25, 0.3) is 0 Å². The van der Waals surface area contributed by atoms with E-state index in [0.717, 1.165) is 6.42 Å². The second-order valence-corrected chi connectivity index (χ2v) is 4.07. The topological polar surface area (TPSA) is 66.8 Å². The Morgan fingerprint density at radius 2 is 2.33 bits per heavy atom. The lowest BCUT2D eigenvalue weighted by molar-refractivity contribution is -0.152. The quantitative estimate of drug-likeness (QED) is 0.706. The van der Waals surface area contributed by atoms with E-state index >= 15 is 0 Å². The van der Waals surface area contributed by atoms with Gasteiger partial charge in [-0.15, -0.1) is 0 Å². The first-order valence-electron chi connectivity index (χ1n) is 5.30. The summed E-state index contributed by atoms with van der Waals surface area (Å²) in [5.41, 5.74) is 0. The first-order chi connectivity index (χ1) is 7.20. The molecule has 0 aromatic carbocycles. The van der Waals surface area contributed by atoms with Crippen molar-refractivity contribution >= 4 is 11.9 Å². The Hall–Kier alpha value is -1.10. The third kappa shape index (κ3) is 1.97. The first kappa shape index (κ1) is 10.4. The Morgan fingerprint density at radius 1 is 1.53 bits per heavy atom. The first-order valence-corrected chi connectivity index (χ1v) is 5.30. The smallest absolute Gasteiger partial charge is 0.310 e. The van der Waals surface area contributed by atoms with Crippen LogP contribution in [0, 0.1) is 5.92 Å². The van der Waals surface area contributed by atoms with E-state index in [2.05, 4.69) is 0 Å². The van der Waals surface area contributed by atoms with Crippen LogP contribution in [0.2, 0.25) is 0 Å². The summed E-state index contributed by atoms with van der Waals surface area (Å²) in [5.74, 6) is -1.33. The molecule has 2 fully saturated rings. The highest BCUT2D eigenvalue weighted by molar-refractivity contribution is 5.80. The van der Waals surface area contributed by atoms with Gasteiger partial charge >= 0.3 is 5.97 Å². The van der Waals surface area contributed by atoms with Crippen LogP contribution in [0.15, 0.2) is 0 Å². The summed E-state index contributed by atoms with van der Waals surface area (Å²) in [6.07, 6.45) is 2.05.